The van der Waals surface area contributed by atoms with Gasteiger partial charge in [0.05, 0.1) is 18.4 Å². The van der Waals surface area contributed by atoms with Gasteiger partial charge >= 0.3 is 5.97 Å². The molecular formula is C19H22N2O3S2. The molecule has 2 aromatic rings. The predicted molar refractivity (Wildman–Crippen MR) is 107 cm³/mol. The molecule has 0 spiro atoms. The highest BCUT2D eigenvalue weighted by Gasteiger charge is 2.26. The SMILES string of the molecule is COC(=O)c1c(NC(=O)CSc2ccc(N)cc2)sc2c1CCCCC2. The molecule has 0 atom stereocenters. The van der Waals surface area contributed by atoms with Crippen LogP contribution in [0.5, 0.6) is 0 Å². The topological polar surface area (TPSA) is 81.4 Å². The number of anilines is 2. The molecule has 1 aromatic heterocycles. The highest BCUT2D eigenvalue weighted by Crippen LogP contribution is 2.38. The number of rotatable bonds is 5. The Morgan fingerprint density at radius 3 is 2.65 bits per heavy atom. The number of carbonyl (C=O) groups excluding carboxylic acids is 2. The molecule has 1 heterocycles. The van der Waals surface area contributed by atoms with Crippen molar-refractivity contribution in [3.63, 3.8) is 0 Å². The van der Waals surface area contributed by atoms with Crippen molar-refractivity contribution in [1.82, 2.24) is 0 Å². The minimum Gasteiger partial charge on any atom is -0.465 e. The molecule has 3 N–H and O–H groups in total. The number of fused-ring (bicyclic) bond motifs is 1. The molecule has 0 radical (unpaired) electrons. The third-order valence-corrected chi connectivity index (χ3v) is 6.53. The Bertz CT molecular complexity index is 800. The second-order valence-corrected chi connectivity index (χ2v) is 8.32. The number of aryl methyl sites for hydroxylation is 1. The van der Waals surface area contributed by atoms with Crippen molar-refractivity contribution in [3.8, 4) is 0 Å². The molecular weight excluding hydrogens is 368 g/mol. The molecule has 0 unspecified atom stereocenters. The van der Waals surface area contributed by atoms with E-state index in [0.29, 0.717) is 16.3 Å². The summed E-state index contributed by atoms with van der Waals surface area (Å²) in [5, 5.41) is 3.54. The van der Waals surface area contributed by atoms with Gasteiger partial charge in [0.15, 0.2) is 0 Å². The van der Waals surface area contributed by atoms with Gasteiger partial charge in [-0.15, -0.1) is 23.1 Å². The second kappa shape index (κ2) is 8.60. The summed E-state index contributed by atoms with van der Waals surface area (Å²) in [7, 11) is 1.38. The van der Waals surface area contributed by atoms with Gasteiger partial charge in [-0.1, -0.05) is 6.42 Å². The zero-order valence-electron chi connectivity index (χ0n) is 14.7. The minimum atomic E-state index is -0.370. The number of benzene rings is 1. The quantitative estimate of drug-likeness (QED) is 0.347. The molecule has 26 heavy (non-hydrogen) atoms. The number of thioether (sulfide) groups is 1. The highest BCUT2D eigenvalue weighted by molar-refractivity contribution is 8.00. The Balaban J connectivity index is 1.72. The molecule has 0 saturated carbocycles. The lowest BCUT2D eigenvalue weighted by atomic mass is 10.1. The third-order valence-electron chi connectivity index (χ3n) is 4.31. The van der Waals surface area contributed by atoms with Gasteiger partial charge in [-0.25, -0.2) is 4.79 Å². The first-order chi connectivity index (χ1) is 12.6. The van der Waals surface area contributed by atoms with Crippen LogP contribution in [0.3, 0.4) is 0 Å². The van der Waals surface area contributed by atoms with Crippen molar-refractivity contribution < 1.29 is 14.3 Å². The van der Waals surface area contributed by atoms with E-state index in [-0.39, 0.29) is 17.6 Å². The Morgan fingerprint density at radius 2 is 1.92 bits per heavy atom. The maximum Gasteiger partial charge on any atom is 0.341 e. The molecule has 1 aliphatic rings. The molecule has 0 aliphatic heterocycles. The number of nitrogens with two attached hydrogens (primary N) is 1. The summed E-state index contributed by atoms with van der Waals surface area (Å²) in [5.74, 6) is -0.230. The number of nitrogen functional groups attached to an aromatic ring is 1. The molecule has 1 aromatic carbocycles. The third kappa shape index (κ3) is 4.40. The van der Waals surface area contributed by atoms with Crippen molar-refractivity contribution in [2.45, 2.75) is 37.0 Å². The van der Waals surface area contributed by atoms with Crippen molar-refractivity contribution in [1.29, 1.82) is 0 Å². The molecule has 7 heteroatoms. The van der Waals surface area contributed by atoms with Crippen LogP contribution in [-0.2, 0) is 22.4 Å². The number of carbonyl (C=O) groups is 2. The van der Waals surface area contributed by atoms with Crippen LogP contribution in [0.4, 0.5) is 10.7 Å². The van der Waals surface area contributed by atoms with Crippen LogP contribution in [0.1, 0.15) is 40.1 Å². The van der Waals surface area contributed by atoms with E-state index in [1.54, 1.807) is 0 Å². The van der Waals surface area contributed by atoms with Crippen LogP contribution in [-0.4, -0.2) is 24.7 Å². The Morgan fingerprint density at radius 1 is 1.19 bits per heavy atom. The number of nitrogens with one attached hydrogen (secondary N) is 1. The summed E-state index contributed by atoms with van der Waals surface area (Å²) in [6.07, 6.45) is 5.18. The fourth-order valence-corrected chi connectivity index (χ4v) is 5.02. The number of methoxy groups -OCH3 is 1. The molecule has 5 nitrogen and oxygen atoms in total. The van der Waals surface area contributed by atoms with E-state index >= 15 is 0 Å². The van der Waals surface area contributed by atoms with Crippen molar-refractivity contribution >= 4 is 45.7 Å². The number of ether oxygens (including phenoxy) is 1. The number of thiophene rings is 1. The lowest BCUT2D eigenvalue weighted by Crippen LogP contribution is -2.16. The smallest absolute Gasteiger partial charge is 0.341 e. The van der Waals surface area contributed by atoms with Gasteiger partial charge in [-0.2, -0.15) is 0 Å². The largest absolute Gasteiger partial charge is 0.465 e. The normalized spacial score (nSPS) is 13.6. The number of hydrogen-bond donors (Lipinski definition) is 2. The van der Waals surface area contributed by atoms with E-state index in [9.17, 15) is 9.59 Å². The van der Waals surface area contributed by atoms with Crippen LogP contribution in [0.2, 0.25) is 0 Å². The summed E-state index contributed by atoms with van der Waals surface area (Å²) in [6, 6.07) is 7.40. The Kier molecular flexibility index (Phi) is 6.21. The van der Waals surface area contributed by atoms with Crippen LogP contribution < -0.4 is 11.1 Å². The predicted octanol–water partition coefficient (Wildman–Crippen LogP) is 4.12. The van der Waals surface area contributed by atoms with Gasteiger partial charge in [0.1, 0.15) is 5.00 Å². The summed E-state index contributed by atoms with van der Waals surface area (Å²) in [6.45, 7) is 0. The summed E-state index contributed by atoms with van der Waals surface area (Å²) >= 11 is 2.95. The molecule has 138 valence electrons. The fraction of sp³-hybridized carbons (Fsp3) is 0.368. The zero-order valence-corrected chi connectivity index (χ0v) is 16.3. The van der Waals surface area contributed by atoms with Gasteiger partial charge in [0.2, 0.25) is 5.91 Å². The van der Waals surface area contributed by atoms with E-state index in [0.717, 1.165) is 36.1 Å². The molecule has 0 fully saturated rings. The zero-order chi connectivity index (χ0) is 18.5. The van der Waals surface area contributed by atoms with Crippen molar-refractivity contribution in [3.05, 3.63) is 40.3 Å². The van der Waals surface area contributed by atoms with Gasteiger partial charge < -0.3 is 15.8 Å². The highest BCUT2D eigenvalue weighted by atomic mass is 32.2. The van der Waals surface area contributed by atoms with Crippen molar-refractivity contribution in [2.24, 2.45) is 0 Å². The first kappa shape index (κ1) is 18.8. The second-order valence-electron chi connectivity index (χ2n) is 6.17. The molecule has 1 aliphatic carbocycles. The van der Waals surface area contributed by atoms with Gasteiger partial charge in [-0.05, 0) is 55.5 Å². The van der Waals surface area contributed by atoms with E-state index in [1.165, 1.54) is 41.5 Å². The standard InChI is InChI=1S/C19H22N2O3S2/c1-24-19(23)17-14-5-3-2-4-6-15(14)26-18(17)21-16(22)11-25-13-9-7-12(20)8-10-13/h7-10H,2-6,11,20H2,1H3,(H,21,22). The maximum atomic E-state index is 12.4. The molecule has 0 saturated heterocycles. The number of amides is 1. The van der Waals surface area contributed by atoms with Crippen LogP contribution in [0, 0.1) is 0 Å². The average molecular weight is 391 g/mol. The van der Waals surface area contributed by atoms with E-state index < -0.39 is 0 Å². The summed E-state index contributed by atoms with van der Waals surface area (Å²) in [5.41, 5.74) is 7.97. The lowest BCUT2D eigenvalue weighted by molar-refractivity contribution is -0.113. The van der Waals surface area contributed by atoms with Crippen molar-refractivity contribution in [2.75, 3.05) is 23.9 Å². The number of hydrogen-bond acceptors (Lipinski definition) is 6. The number of esters is 1. The van der Waals surface area contributed by atoms with Crippen LogP contribution in [0.15, 0.2) is 29.2 Å². The lowest BCUT2D eigenvalue weighted by Gasteiger charge is -2.07. The molecule has 1 amide bonds. The van der Waals surface area contributed by atoms with Gasteiger partial charge in [0, 0.05) is 15.5 Å². The fourth-order valence-electron chi connectivity index (χ4n) is 3.02. The van der Waals surface area contributed by atoms with E-state index in [4.69, 9.17) is 10.5 Å². The average Bonchev–Trinajstić information content (AvgIpc) is 2.81. The van der Waals surface area contributed by atoms with Gasteiger partial charge in [0.25, 0.3) is 0 Å². The maximum absolute atomic E-state index is 12.4. The Hall–Kier alpha value is -1.99. The first-order valence-corrected chi connectivity index (χ1v) is 10.4. The van der Waals surface area contributed by atoms with Crippen LogP contribution in [0.25, 0.3) is 0 Å². The van der Waals surface area contributed by atoms with E-state index in [2.05, 4.69) is 5.32 Å². The van der Waals surface area contributed by atoms with Gasteiger partial charge in [-0.3, -0.25) is 4.79 Å². The monoisotopic (exact) mass is 390 g/mol. The van der Waals surface area contributed by atoms with E-state index in [1.807, 2.05) is 24.3 Å². The van der Waals surface area contributed by atoms with Crippen LogP contribution >= 0.6 is 23.1 Å². The first-order valence-electron chi connectivity index (χ1n) is 8.59. The Labute approximate surface area is 161 Å². The minimum absolute atomic E-state index is 0.131. The molecule has 0 bridgehead atoms. The summed E-state index contributed by atoms with van der Waals surface area (Å²) < 4.78 is 4.96. The molecule has 3 rings (SSSR count). The summed E-state index contributed by atoms with van der Waals surface area (Å²) in [4.78, 5) is 26.9.